The average molecular weight is 406 g/mol. The summed E-state index contributed by atoms with van der Waals surface area (Å²) in [5.74, 6) is 0.706. The molecule has 0 N–H and O–H groups in total. The zero-order chi connectivity index (χ0) is 19.7. The molecule has 1 fully saturated rings. The standard InChI is InChI=1S/C18H31NO5S2/c1-6-10-25-26-11-13(2)15(20)19-9-7-8-14(19)16(21)23-12-24-17(22)18(3,4)5/h13-14H,6-12H2,1-5H3/t13-,14+/m1/s1. The second kappa shape index (κ2) is 11.1. The lowest BCUT2D eigenvalue weighted by atomic mass is 9.98. The summed E-state index contributed by atoms with van der Waals surface area (Å²) in [5, 5.41) is 0. The Bertz CT molecular complexity index is 492. The van der Waals surface area contributed by atoms with E-state index in [4.69, 9.17) is 9.47 Å². The number of carbonyl (C=O) groups excluding carboxylic acids is 3. The third kappa shape index (κ3) is 7.39. The molecule has 0 aliphatic carbocycles. The summed E-state index contributed by atoms with van der Waals surface area (Å²) in [5.41, 5.74) is -0.648. The highest BCUT2D eigenvalue weighted by molar-refractivity contribution is 8.76. The van der Waals surface area contributed by atoms with E-state index in [0.717, 1.165) is 24.3 Å². The maximum atomic E-state index is 12.6. The topological polar surface area (TPSA) is 72.9 Å². The predicted octanol–water partition coefficient (Wildman–Crippen LogP) is 3.49. The van der Waals surface area contributed by atoms with Gasteiger partial charge in [0.05, 0.1) is 5.41 Å². The Labute approximate surface area is 164 Å². The Kier molecular flexibility index (Phi) is 9.85. The fourth-order valence-corrected chi connectivity index (χ4v) is 4.86. The van der Waals surface area contributed by atoms with Gasteiger partial charge in [0.1, 0.15) is 6.04 Å². The molecule has 0 aromatic rings. The summed E-state index contributed by atoms with van der Waals surface area (Å²) >= 11 is 0. The van der Waals surface area contributed by atoms with E-state index in [1.54, 1.807) is 47.3 Å². The van der Waals surface area contributed by atoms with E-state index in [0.29, 0.717) is 13.0 Å². The average Bonchev–Trinajstić information content (AvgIpc) is 3.06. The van der Waals surface area contributed by atoms with Gasteiger partial charge in [0.15, 0.2) is 0 Å². The van der Waals surface area contributed by atoms with Crippen LogP contribution in [-0.2, 0) is 23.9 Å². The van der Waals surface area contributed by atoms with Gasteiger partial charge in [-0.1, -0.05) is 35.4 Å². The molecule has 1 aliphatic rings. The lowest BCUT2D eigenvalue weighted by Crippen LogP contribution is -2.44. The number of likely N-dealkylation sites (tertiary alicyclic amines) is 1. The highest BCUT2D eigenvalue weighted by Gasteiger charge is 2.37. The number of esters is 2. The van der Waals surface area contributed by atoms with Crippen molar-refractivity contribution in [1.29, 1.82) is 0 Å². The van der Waals surface area contributed by atoms with Gasteiger partial charge in [-0.2, -0.15) is 0 Å². The molecule has 0 unspecified atom stereocenters. The second-order valence-electron chi connectivity index (χ2n) is 7.46. The zero-order valence-corrected chi connectivity index (χ0v) is 18.0. The summed E-state index contributed by atoms with van der Waals surface area (Å²) in [7, 11) is 3.47. The molecule has 2 atom stereocenters. The van der Waals surface area contributed by atoms with Crippen LogP contribution in [0, 0.1) is 11.3 Å². The summed E-state index contributed by atoms with van der Waals surface area (Å²) < 4.78 is 10.0. The van der Waals surface area contributed by atoms with Gasteiger partial charge in [0.2, 0.25) is 12.7 Å². The van der Waals surface area contributed by atoms with Gasteiger partial charge in [-0.15, -0.1) is 0 Å². The van der Waals surface area contributed by atoms with Crippen LogP contribution in [0.5, 0.6) is 0 Å². The van der Waals surface area contributed by atoms with Crippen LogP contribution in [0.15, 0.2) is 0 Å². The van der Waals surface area contributed by atoms with Crippen LogP contribution < -0.4 is 0 Å². The van der Waals surface area contributed by atoms with Crippen molar-refractivity contribution in [3.05, 3.63) is 0 Å². The minimum Gasteiger partial charge on any atom is -0.427 e. The van der Waals surface area contributed by atoms with Gasteiger partial charge in [-0.3, -0.25) is 9.59 Å². The highest BCUT2D eigenvalue weighted by atomic mass is 33.1. The molecule has 0 aromatic carbocycles. The molecule has 1 saturated heterocycles. The van der Waals surface area contributed by atoms with Gasteiger partial charge in [-0.05, 0) is 40.0 Å². The van der Waals surface area contributed by atoms with Crippen molar-refractivity contribution in [2.45, 2.75) is 59.9 Å². The van der Waals surface area contributed by atoms with Crippen molar-refractivity contribution in [3.63, 3.8) is 0 Å². The largest absolute Gasteiger partial charge is 0.427 e. The molecule has 0 aromatic heterocycles. The Morgan fingerprint density at radius 2 is 1.88 bits per heavy atom. The van der Waals surface area contributed by atoms with Crippen LogP contribution in [0.2, 0.25) is 0 Å². The number of hydrogen-bond donors (Lipinski definition) is 0. The fourth-order valence-electron chi connectivity index (χ4n) is 2.38. The van der Waals surface area contributed by atoms with E-state index in [9.17, 15) is 14.4 Å². The van der Waals surface area contributed by atoms with Crippen molar-refractivity contribution in [2.75, 3.05) is 24.8 Å². The van der Waals surface area contributed by atoms with E-state index in [1.807, 2.05) is 6.92 Å². The number of carbonyl (C=O) groups is 3. The Morgan fingerprint density at radius 3 is 2.50 bits per heavy atom. The van der Waals surface area contributed by atoms with Gasteiger partial charge < -0.3 is 14.4 Å². The molecule has 1 aliphatic heterocycles. The molecule has 0 spiro atoms. The predicted molar refractivity (Wildman–Crippen MR) is 106 cm³/mol. The van der Waals surface area contributed by atoms with Crippen LogP contribution in [0.4, 0.5) is 0 Å². The first kappa shape index (κ1) is 23.1. The smallest absolute Gasteiger partial charge is 0.331 e. The maximum Gasteiger partial charge on any atom is 0.331 e. The minimum absolute atomic E-state index is 0.0132. The molecule has 1 heterocycles. The first-order valence-corrected chi connectivity index (χ1v) is 11.6. The highest BCUT2D eigenvalue weighted by Crippen LogP contribution is 2.27. The number of ether oxygens (including phenoxy) is 2. The third-order valence-corrected chi connectivity index (χ3v) is 6.71. The van der Waals surface area contributed by atoms with Gasteiger partial charge >= 0.3 is 11.9 Å². The molecule has 0 saturated carbocycles. The van der Waals surface area contributed by atoms with Crippen LogP contribution in [-0.4, -0.2) is 53.6 Å². The van der Waals surface area contributed by atoms with Crippen LogP contribution in [0.1, 0.15) is 53.9 Å². The summed E-state index contributed by atoms with van der Waals surface area (Å²) in [6.45, 7) is 9.37. The van der Waals surface area contributed by atoms with Crippen LogP contribution in [0.25, 0.3) is 0 Å². The lowest BCUT2D eigenvalue weighted by Gasteiger charge is -2.26. The summed E-state index contributed by atoms with van der Waals surface area (Å²) in [4.78, 5) is 38.3. The molecule has 26 heavy (non-hydrogen) atoms. The van der Waals surface area contributed by atoms with Crippen molar-refractivity contribution in [1.82, 2.24) is 4.90 Å². The van der Waals surface area contributed by atoms with E-state index in [1.165, 1.54) is 0 Å². The fraction of sp³-hybridized carbons (Fsp3) is 0.833. The SMILES string of the molecule is CCCSSC[C@@H](C)C(=O)N1CCC[C@H]1C(=O)OCOC(=O)C(C)(C)C. The molecule has 6 nitrogen and oxygen atoms in total. The molecular formula is C18H31NO5S2. The van der Waals surface area contributed by atoms with Crippen LogP contribution in [0.3, 0.4) is 0 Å². The van der Waals surface area contributed by atoms with E-state index in [2.05, 4.69) is 6.92 Å². The number of nitrogens with zero attached hydrogens (tertiary/aromatic N) is 1. The van der Waals surface area contributed by atoms with Crippen molar-refractivity contribution >= 4 is 39.4 Å². The van der Waals surface area contributed by atoms with Crippen LogP contribution >= 0.6 is 21.6 Å². The Balaban J connectivity index is 2.46. The van der Waals surface area contributed by atoms with Gasteiger partial charge in [0.25, 0.3) is 0 Å². The Hall–Kier alpha value is -0.890. The normalized spacial score (nSPS) is 18.5. The van der Waals surface area contributed by atoms with Crippen molar-refractivity contribution in [3.8, 4) is 0 Å². The first-order valence-electron chi connectivity index (χ1n) is 9.07. The molecule has 0 bridgehead atoms. The van der Waals surface area contributed by atoms with Gasteiger partial charge in [0, 0.05) is 24.0 Å². The number of rotatable bonds is 9. The number of amides is 1. The third-order valence-electron chi connectivity index (χ3n) is 3.92. The molecule has 150 valence electrons. The van der Waals surface area contributed by atoms with Gasteiger partial charge in [-0.25, -0.2) is 4.79 Å². The van der Waals surface area contributed by atoms with Crippen molar-refractivity contribution < 1.29 is 23.9 Å². The lowest BCUT2D eigenvalue weighted by molar-refractivity contribution is -0.176. The second-order valence-corrected chi connectivity index (χ2v) is 10.1. The first-order chi connectivity index (χ1) is 12.2. The minimum atomic E-state index is -0.648. The maximum absolute atomic E-state index is 12.6. The monoisotopic (exact) mass is 405 g/mol. The zero-order valence-electron chi connectivity index (χ0n) is 16.4. The van der Waals surface area contributed by atoms with Crippen molar-refractivity contribution in [2.24, 2.45) is 11.3 Å². The summed E-state index contributed by atoms with van der Waals surface area (Å²) in [6.07, 6.45) is 2.47. The quantitative estimate of drug-likeness (QED) is 0.252. The van der Waals surface area contributed by atoms with E-state index in [-0.39, 0.29) is 11.8 Å². The molecule has 8 heteroatoms. The Morgan fingerprint density at radius 1 is 1.19 bits per heavy atom. The molecule has 0 radical (unpaired) electrons. The van der Waals surface area contributed by atoms with E-state index < -0.39 is 30.2 Å². The molecular weight excluding hydrogens is 374 g/mol. The van der Waals surface area contributed by atoms with E-state index >= 15 is 0 Å². The molecule has 1 amide bonds. The number of hydrogen-bond acceptors (Lipinski definition) is 7. The summed E-state index contributed by atoms with van der Waals surface area (Å²) in [6, 6.07) is -0.577. The molecule has 1 rings (SSSR count).